The van der Waals surface area contributed by atoms with Crippen LogP contribution in [0.4, 0.5) is 14.6 Å². The number of rotatable bonds is 4. The maximum atomic E-state index is 13.6. The molecule has 1 N–H and O–H groups in total. The fourth-order valence-corrected chi connectivity index (χ4v) is 2.07. The Kier molecular flexibility index (Phi) is 4.38. The van der Waals surface area contributed by atoms with Crippen LogP contribution in [0.25, 0.3) is 11.4 Å². The fraction of sp³-hybridized carbons (Fsp3) is 0.0588. The van der Waals surface area contributed by atoms with Crippen molar-refractivity contribution in [1.29, 1.82) is 5.26 Å². The SMILES string of the molecule is N#Cc1cncc(-c2nccc(NCc3ccc(F)cc3F)n2)c1. The number of nitrogens with one attached hydrogen (secondary N) is 1. The average Bonchev–Trinajstić information content (AvgIpc) is 2.61. The van der Waals surface area contributed by atoms with Crippen molar-refractivity contribution in [3.05, 3.63) is 71.7 Å². The lowest BCUT2D eigenvalue weighted by Crippen LogP contribution is -2.04. The van der Waals surface area contributed by atoms with Gasteiger partial charge in [-0.1, -0.05) is 6.07 Å². The topological polar surface area (TPSA) is 74.5 Å². The average molecular weight is 323 g/mol. The van der Waals surface area contributed by atoms with Crippen LogP contribution in [0.3, 0.4) is 0 Å². The number of pyridine rings is 1. The van der Waals surface area contributed by atoms with Crippen molar-refractivity contribution < 1.29 is 8.78 Å². The Bertz CT molecular complexity index is 921. The maximum Gasteiger partial charge on any atom is 0.163 e. The molecule has 0 radical (unpaired) electrons. The predicted molar refractivity (Wildman–Crippen MR) is 83.7 cm³/mol. The number of anilines is 1. The van der Waals surface area contributed by atoms with Crippen molar-refractivity contribution in [3.63, 3.8) is 0 Å². The summed E-state index contributed by atoms with van der Waals surface area (Å²) >= 11 is 0. The number of nitriles is 1. The van der Waals surface area contributed by atoms with E-state index in [-0.39, 0.29) is 6.54 Å². The molecule has 0 aliphatic carbocycles. The van der Waals surface area contributed by atoms with Gasteiger partial charge in [-0.2, -0.15) is 5.26 Å². The van der Waals surface area contributed by atoms with E-state index in [2.05, 4.69) is 20.3 Å². The first-order valence-electron chi connectivity index (χ1n) is 7.02. The highest BCUT2D eigenvalue weighted by Crippen LogP contribution is 2.17. The number of nitrogens with zero attached hydrogens (tertiary/aromatic N) is 4. The Hall–Kier alpha value is -3.40. The van der Waals surface area contributed by atoms with Gasteiger partial charge in [0.2, 0.25) is 0 Å². The molecule has 0 amide bonds. The van der Waals surface area contributed by atoms with E-state index in [1.807, 2.05) is 6.07 Å². The monoisotopic (exact) mass is 323 g/mol. The fourth-order valence-electron chi connectivity index (χ4n) is 2.07. The molecule has 2 heterocycles. The molecule has 1 aromatic carbocycles. The molecule has 3 rings (SSSR count). The molecule has 0 bridgehead atoms. The van der Waals surface area contributed by atoms with Crippen molar-refractivity contribution in [3.8, 4) is 17.5 Å². The molecule has 0 fully saturated rings. The van der Waals surface area contributed by atoms with Gasteiger partial charge < -0.3 is 5.32 Å². The molecule has 2 aromatic heterocycles. The van der Waals surface area contributed by atoms with Crippen LogP contribution in [0.1, 0.15) is 11.1 Å². The van der Waals surface area contributed by atoms with E-state index in [1.165, 1.54) is 18.3 Å². The maximum absolute atomic E-state index is 13.6. The lowest BCUT2D eigenvalue weighted by molar-refractivity contribution is 0.574. The summed E-state index contributed by atoms with van der Waals surface area (Å²) in [5, 5.41) is 11.9. The smallest absolute Gasteiger partial charge is 0.163 e. The minimum Gasteiger partial charge on any atom is -0.366 e. The van der Waals surface area contributed by atoms with Gasteiger partial charge in [0.25, 0.3) is 0 Å². The van der Waals surface area contributed by atoms with Gasteiger partial charge in [0.1, 0.15) is 23.5 Å². The number of aromatic nitrogens is 3. The molecule has 118 valence electrons. The molecule has 5 nitrogen and oxygen atoms in total. The van der Waals surface area contributed by atoms with Crippen LogP contribution in [-0.4, -0.2) is 15.0 Å². The van der Waals surface area contributed by atoms with Crippen LogP contribution in [0.2, 0.25) is 0 Å². The highest BCUT2D eigenvalue weighted by Gasteiger charge is 2.07. The molecule has 0 aliphatic rings. The van der Waals surface area contributed by atoms with Crippen LogP contribution in [0, 0.1) is 23.0 Å². The molecule has 24 heavy (non-hydrogen) atoms. The molecule has 3 aromatic rings. The zero-order valence-electron chi connectivity index (χ0n) is 12.4. The van der Waals surface area contributed by atoms with Crippen LogP contribution in [0.15, 0.2) is 48.9 Å². The van der Waals surface area contributed by atoms with E-state index in [4.69, 9.17) is 5.26 Å². The third-order valence-corrected chi connectivity index (χ3v) is 3.26. The summed E-state index contributed by atoms with van der Waals surface area (Å²) in [6.07, 6.45) is 4.55. The van der Waals surface area contributed by atoms with Gasteiger partial charge in [0.15, 0.2) is 5.82 Å². The summed E-state index contributed by atoms with van der Waals surface area (Å²) in [6.45, 7) is 0.152. The van der Waals surface area contributed by atoms with Gasteiger partial charge in [-0.05, 0) is 18.2 Å². The largest absolute Gasteiger partial charge is 0.366 e. The lowest BCUT2D eigenvalue weighted by Gasteiger charge is -2.08. The standard InChI is InChI=1S/C17H11F2N5/c18-14-2-1-12(15(19)6-14)10-23-16-3-4-22-17(24-16)13-5-11(7-20)8-21-9-13/h1-6,8-9H,10H2,(H,22,23,24). The molecule has 0 saturated heterocycles. The highest BCUT2D eigenvalue weighted by atomic mass is 19.1. The first-order valence-corrected chi connectivity index (χ1v) is 7.02. The van der Waals surface area contributed by atoms with E-state index in [0.717, 1.165) is 6.07 Å². The first kappa shape index (κ1) is 15.5. The Balaban J connectivity index is 1.79. The summed E-state index contributed by atoms with van der Waals surface area (Å²) in [4.78, 5) is 12.4. The van der Waals surface area contributed by atoms with Crippen molar-refractivity contribution >= 4 is 5.82 Å². The van der Waals surface area contributed by atoms with Crippen molar-refractivity contribution in [2.45, 2.75) is 6.54 Å². The summed E-state index contributed by atoms with van der Waals surface area (Å²) < 4.78 is 26.5. The second-order valence-electron chi connectivity index (χ2n) is 4.93. The van der Waals surface area contributed by atoms with Crippen LogP contribution >= 0.6 is 0 Å². The van der Waals surface area contributed by atoms with Crippen molar-refractivity contribution in [2.75, 3.05) is 5.32 Å². The first-order chi connectivity index (χ1) is 11.7. The molecular formula is C17H11F2N5. The highest BCUT2D eigenvalue weighted by molar-refractivity contribution is 5.57. The quantitative estimate of drug-likeness (QED) is 0.797. The molecule has 0 atom stereocenters. The van der Waals surface area contributed by atoms with E-state index < -0.39 is 11.6 Å². The number of hydrogen-bond donors (Lipinski definition) is 1. The predicted octanol–water partition coefficient (Wildman–Crippen LogP) is 3.30. The zero-order valence-corrected chi connectivity index (χ0v) is 12.4. The number of benzene rings is 1. The molecule has 0 saturated carbocycles. The second kappa shape index (κ2) is 6.79. The summed E-state index contributed by atoms with van der Waals surface area (Å²) in [5.41, 5.74) is 1.33. The van der Waals surface area contributed by atoms with Gasteiger partial charge in [-0.3, -0.25) is 4.98 Å². The van der Waals surface area contributed by atoms with Crippen molar-refractivity contribution in [2.24, 2.45) is 0 Å². The molecule has 0 unspecified atom stereocenters. The Morgan fingerprint density at radius 3 is 2.79 bits per heavy atom. The van der Waals surface area contributed by atoms with Gasteiger partial charge >= 0.3 is 0 Å². The Morgan fingerprint density at radius 1 is 1.12 bits per heavy atom. The van der Waals surface area contributed by atoms with Crippen molar-refractivity contribution in [1.82, 2.24) is 15.0 Å². The minimum absolute atomic E-state index is 0.152. The van der Waals surface area contributed by atoms with E-state index >= 15 is 0 Å². The number of halogens is 2. The molecular weight excluding hydrogens is 312 g/mol. The van der Waals surface area contributed by atoms with Crippen LogP contribution in [-0.2, 0) is 6.54 Å². The molecule has 0 aliphatic heterocycles. The third kappa shape index (κ3) is 3.50. The summed E-state index contributed by atoms with van der Waals surface area (Å²) in [7, 11) is 0. The summed E-state index contributed by atoms with van der Waals surface area (Å²) in [5.74, 6) is -0.372. The van der Waals surface area contributed by atoms with E-state index in [9.17, 15) is 8.78 Å². The van der Waals surface area contributed by atoms with Crippen LogP contribution in [0.5, 0.6) is 0 Å². The second-order valence-corrected chi connectivity index (χ2v) is 4.93. The van der Waals surface area contributed by atoms with Crippen LogP contribution < -0.4 is 5.32 Å². The lowest BCUT2D eigenvalue weighted by atomic mass is 10.2. The van der Waals surface area contributed by atoms with Gasteiger partial charge in [0.05, 0.1) is 5.56 Å². The van der Waals surface area contributed by atoms with E-state index in [1.54, 1.807) is 24.5 Å². The minimum atomic E-state index is -0.622. The normalized spacial score (nSPS) is 10.2. The Morgan fingerprint density at radius 2 is 2.00 bits per heavy atom. The summed E-state index contributed by atoms with van der Waals surface area (Å²) in [6, 6.07) is 8.67. The third-order valence-electron chi connectivity index (χ3n) is 3.26. The number of hydrogen-bond acceptors (Lipinski definition) is 5. The van der Waals surface area contributed by atoms with E-state index in [0.29, 0.717) is 28.3 Å². The molecule has 7 heteroatoms. The zero-order chi connectivity index (χ0) is 16.9. The Labute approximate surface area is 136 Å². The van der Waals surface area contributed by atoms with Gasteiger partial charge in [-0.15, -0.1) is 0 Å². The molecule has 0 spiro atoms. The van der Waals surface area contributed by atoms with Gasteiger partial charge in [0, 0.05) is 42.3 Å². The van der Waals surface area contributed by atoms with Gasteiger partial charge in [-0.25, -0.2) is 18.7 Å².